The highest BCUT2D eigenvalue weighted by Gasteiger charge is 2.25. The van der Waals surface area contributed by atoms with E-state index >= 15 is 0 Å². The monoisotopic (exact) mass is 319 g/mol. The Bertz CT molecular complexity index is 545. The van der Waals surface area contributed by atoms with Crippen molar-refractivity contribution in [3.63, 3.8) is 0 Å². The zero-order valence-electron chi connectivity index (χ0n) is 13.7. The molecule has 7 nitrogen and oxygen atoms in total. The molecule has 0 spiro atoms. The van der Waals surface area contributed by atoms with Crippen LogP contribution in [0.4, 0.5) is 5.82 Å². The van der Waals surface area contributed by atoms with E-state index in [4.69, 9.17) is 5.11 Å². The lowest BCUT2D eigenvalue weighted by Gasteiger charge is -2.38. The Hall–Kier alpha value is -1.73. The third-order valence-electron chi connectivity index (χ3n) is 4.80. The molecule has 1 atom stereocenters. The minimum atomic E-state index is -1.02. The number of carboxylic acid groups (broad SMARTS) is 1. The van der Waals surface area contributed by atoms with Gasteiger partial charge in [0.1, 0.15) is 5.82 Å². The van der Waals surface area contributed by atoms with Gasteiger partial charge in [-0.3, -0.25) is 4.98 Å². The summed E-state index contributed by atoms with van der Waals surface area (Å²) in [6.07, 6.45) is 5.33. The predicted octanol–water partition coefficient (Wildman–Crippen LogP) is 0.639. The summed E-state index contributed by atoms with van der Waals surface area (Å²) >= 11 is 0. The molecule has 0 aromatic carbocycles. The van der Waals surface area contributed by atoms with Gasteiger partial charge in [-0.2, -0.15) is 0 Å². The molecule has 23 heavy (non-hydrogen) atoms. The first-order chi connectivity index (χ1) is 11.1. The molecule has 3 rings (SSSR count). The molecule has 3 heterocycles. The van der Waals surface area contributed by atoms with Gasteiger partial charge in [0.05, 0.1) is 12.4 Å². The molecule has 0 bridgehead atoms. The van der Waals surface area contributed by atoms with Gasteiger partial charge in [-0.25, -0.2) is 9.78 Å². The molecule has 2 aliphatic heterocycles. The summed E-state index contributed by atoms with van der Waals surface area (Å²) in [5.74, 6) is 0.278. The second-order valence-corrected chi connectivity index (χ2v) is 6.63. The minimum absolute atomic E-state index is 0.0173. The van der Waals surface area contributed by atoms with Crippen LogP contribution in [0.2, 0.25) is 0 Å². The molecule has 2 fully saturated rings. The smallest absolute Gasteiger partial charge is 0.356 e. The number of likely N-dealkylation sites (N-methyl/N-ethyl adjacent to an activating group) is 1. The second-order valence-electron chi connectivity index (χ2n) is 6.63. The summed E-state index contributed by atoms with van der Waals surface area (Å²) in [7, 11) is 2.17. The Balaban J connectivity index is 1.59. The van der Waals surface area contributed by atoms with Crippen molar-refractivity contribution < 1.29 is 9.90 Å². The molecular weight excluding hydrogens is 294 g/mol. The molecule has 7 heteroatoms. The summed E-state index contributed by atoms with van der Waals surface area (Å²) in [4.78, 5) is 26.4. The van der Waals surface area contributed by atoms with E-state index in [1.165, 1.54) is 12.6 Å². The zero-order valence-corrected chi connectivity index (χ0v) is 13.7. The van der Waals surface area contributed by atoms with Crippen molar-refractivity contribution >= 4 is 11.8 Å². The van der Waals surface area contributed by atoms with E-state index < -0.39 is 5.97 Å². The Morgan fingerprint density at radius 1 is 1.26 bits per heavy atom. The van der Waals surface area contributed by atoms with Crippen molar-refractivity contribution in [3.05, 3.63) is 18.1 Å². The number of piperidine rings is 1. The first-order valence-corrected chi connectivity index (χ1v) is 8.33. The largest absolute Gasteiger partial charge is 0.476 e. The summed E-state index contributed by atoms with van der Waals surface area (Å²) in [6, 6.07) is 0. The van der Waals surface area contributed by atoms with Crippen LogP contribution in [0.3, 0.4) is 0 Å². The van der Waals surface area contributed by atoms with Crippen LogP contribution in [-0.2, 0) is 0 Å². The van der Waals surface area contributed by atoms with E-state index in [1.54, 1.807) is 6.20 Å². The summed E-state index contributed by atoms with van der Waals surface area (Å²) < 4.78 is 0. The topological polar surface area (TPSA) is 72.8 Å². The van der Waals surface area contributed by atoms with Gasteiger partial charge in [-0.05, 0) is 25.8 Å². The van der Waals surface area contributed by atoms with E-state index in [0.717, 1.165) is 52.2 Å². The molecule has 0 amide bonds. The van der Waals surface area contributed by atoms with Crippen LogP contribution in [0.15, 0.2) is 12.4 Å². The van der Waals surface area contributed by atoms with Crippen LogP contribution < -0.4 is 4.90 Å². The first kappa shape index (κ1) is 16.1. The van der Waals surface area contributed by atoms with Crippen LogP contribution in [0.1, 0.15) is 23.3 Å². The van der Waals surface area contributed by atoms with Gasteiger partial charge in [0.2, 0.25) is 0 Å². The minimum Gasteiger partial charge on any atom is -0.476 e. The number of hydrogen-bond acceptors (Lipinski definition) is 6. The molecule has 2 aliphatic rings. The zero-order chi connectivity index (χ0) is 16.2. The van der Waals surface area contributed by atoms with E-state index in [-0.39, 0.29) is 5.69 Å². The SMILES string of the molecule is CN1CCN(CC2CCCN(c3cncc(C(=O)O)n3)C2)CC1. The Kier molecular flexibility index (Phi) is 5.07. The lowest BCUT2D eigenvalue weighted by Crippen LogP contribution is -2.48. The van der Waals surface area contributed by atoms with Crippen molar-refractivity contribution in [1.29, 1.82) is 0 Å². The summed E-state index contributed by atoms with van der Waals surface area (Å²) in [5.41, 5.74) is 0.0173. The number of aromatic carboxylic acids is 1. The van der Waals surface area contributed by atoms with Crippen molar-refractivity contribution in [2.75, 3.05) is 57.8 Å². The predicted molar refractivity (Wildman–Crippen MR) is 87.9 cm³/mol. The molecular formula is C16H25N5O2. The van der Waals surface area contributed by atoms with Crippen molar-refractivity contribution in [1.82, 2.24) is 19.8 Å². The molecule has 0 aliphatic carbocycles. The lowest BCUT2D eigenvalue weighted by atomic mass is 9.97. The fourth-order valence-corrected chi connectivity index (χ4v) is 3.43. The number of carbonyl (C=O) groups is 1. The molecule has 2 saturated heterocycles. The van der Waals surface area contributed by atoms with E-state index in [9.17, 15) is 4.79 Å². The van der Waals surface area contributed by atoms with Gasteiger partial charge < -0.3 is 19.8 Å². The quantitative estimate of drug-likeness (QED) is 0.873. The van der Waals surface area contributed by atoms with Crippen molar-refractivity contribution in [2.45, 2.75) is 12.8 Å². The van der Waals surface area contributed by atoms with Crippen molar-refractivity contribution in [2.24, 2.45) is 5.92 Å². The van der Waals surface area contributed by atoms with Gasteiger partial charge in [0, 0.05) is 45.8 Å². The number of hydrogen-bond donors (Lipinski definition) is 1. The first-order valence-electron chi connectivity index (χ1n) is 8.33. The van der Waals surface area contributed by atoms with Crippen LogP contribution in [0, 0.1) is 5.92 Å². The van der Waals surface area contributed by atoms with Crippen LogP contribution in [0.25, 0.3) is 0 Å². The van der Waals surface area contributed by atoms with Gasteiger partial charge in [-0.15, -0.1) is 0 Å². The average molecular weight is 319 g/mol. The second kappa shape index (κ2) is 7.23. The number of rotatable bonds is 4. The maximum atomic E-state index is 11.1. The standard InChI is InChI=1S/C16H25N5O2/c1-19-5-7-20(8-6-19)11-13-3-2-4-21(12-13)15-10-17-9-14(18-15)16(22)23/h9-10,13H,2-8,11-12H2,1H3,(H,22,23). The molecule has 1 unspecified atom stereocenters. The number of piperazine rings is 1. The Labute approximate surface area is 136 Å². The van der Waals surface area contributed by atoms with Crippen molar-refractivity contribution in [3.8, 4) is 0 Å². The lowest BCUT2D eigenvalue weighted by molar-refractivity contribution is 0.0690. The molecule has 1 aromatic rings. The van der Waals surface area contributed by atoms with E-state index in [2.05, 4.69) is 31.7 Å². The molecule has 1 aromatic heterocycles. The number of aromatic nitrogens is 2. The highest BCUT2D eigenvalue weighted by atomic mass is 16.4. The van der Waals surface area contributed by atoms with Crippen LogP contribution in [0.5, 0.6) is 0 Å². The average Bonchev–Trinajstić information content (AvgIpc) is 2.57. The Morgan fingerprint density at radius 2 is 2.04 bits per heavy atom. The number of nitrogens with zero attached hydrogens (tertiary/aromatic N) is 5. The van der Waals surface area contributed by atoms with Gasteiger partial charge in [0.15, 0.2) is 5.69 Å². The van der Waals surface area contributed by atoms with Crippen LogP contribution in [-0.4, -0.2) is 83.7 Å². The molecule has 0 saturated carbocycles. The fourth-order valence-electron chi connectivity index (χ4n) is 3.43. The van der Waals surface area contributed by atoms with Crippen LogP contribution >= 0.6 is 0 Å². The highest BCUT2D eigenvalue weighted by Crippen LogP contribution is 2.22. The normalized spacial score (nSPS) is 23.9. The summed E-state index contributed by atoms with van der Waals surface area (Å²) in [6.45, 7) is 7.55. The van der Waals surface area contributed by atoms with E-state index in [1.807, 2.05) is 0 Å². The van der Waals surface area contributed by atoms with Gasteiger partial charge >= 0.3 is 5.97 Å². The third-order valence-corrected chi connectivity index (χ3v) is 4.80. The van der Waals surface area contributed by atoms with E-state index in [0.29, 0.717) is 11.7 Å². The van der Waals surface area contributed by atoms with Gasteiger partial charge in [-0.1, -0.05) is 0 Å². The maximum Gasteiger partial charge on any atom is 0.356 e. The molecule has 0 radical (unpaired) electrons. The highest BCUT2D eigenvalue weighted by molar-refractivity contribution is 5.85. The number of carboxylic acids is 1. The summed E-state index contributed by atoms with van der Waals surface area (Å²) in [5, 5.41) is 9.07. The molecule has 1 N–H and O–H groups in total. The maximum absolute atomic E-state index is 11.1. The Morgan fingerprint density at radius 3 is 2.78 bits per heavy atom. The van der Waals surface area contributed by atoms with Gasteiger partial charge in [0.25, 0.3) is 0 Å². The molecule has 126 valence electrons. The number of anilines is 1. The third kappa shape index (κ3) is 4.17. The fraction of sp³-hybridized carbons (Fsp3) is 0.688.